The number of nitrogens with zero attached hydrogens (tertiary/aromatic N) is 1. The second-order valence-corrected chi connectivity index (χ2v) is 4.30. The summed E-state index contributed by atoms with van der Waals surface area (Å²) in [6, 6.07) is 1.72. The molecule has 1 heterocycles. The Morgan fingerprint density at radius 3 is 2.12 bits per heavy atom. The van der Waals surface area contributed by atoms with E-state index in [1.165, 1.54) is 0 Å². The lowest BCUT2D eigenvalue weighted by Gasteiger charge is -2.17. The molecule has 7 heteroatoms. The Morgan fingerprint density at radius 2 is 1.76 bits per heavy atom. The third-order valence-electron chi connectivity index (χ3n) is 2.00. The van der Waals surface area contributed by atoms with Gasteiger partial charge in [-0.15, -0.1) is 11.3 Å². The minimum Gasteiger partial charge on any atom is -0.480 e. The van der Waals surface area contributed by atoms with Crippen molar-refractivity contribution in [2.24, 2.45) is 0 Å². The van der Waals surface area contributed by atoms with Gasteiger partial charge < -0.3 is 15.1 Å². The molecule has 1 aromatic heterocycles. The Balaban J connectivity index is 2.90. The topological polar surface area (TPSA) is 94.9 Å². The van der Waals surface area contributed by atoms with Gasteiger partial charge in [-0.05, 0) is 23.9 Å². The number of carboxylic acid groups (broad SMARTS) is 2. The summed E-state index contributed by atoms with van der Waals surface area (Å²) in [4.78, 5) is 34.2. The lowest BCUT2D eigenvalue weighted by Crippen LogP contribution is -2.39. The molecule has 17 heavy (non-hydrogen) atoms. The van der Waals surface area contributed by atoms with E-state index < -0.39 is 30.9 Å². The van der Waals surface area contributed by atoms with Crippen molar-refractivity contribution in [2.45, 2.75) is 6.92 Å². The van der Waals surface area contributed by atoms with E-state index in [2.05, 4.69) is 0 Å². The minimum absolute atomic E-state index is 0.368. The zero-order valence-electron chi connectivity index (χ0n) is 9.04. The van der Waals surface area contributed by atoms with E-state index in [9.17, 15) is 14.4 Å². The number of amides is 1. The zero-order chi connectivity index (χ0) is 13.0. The third kappa shape index (κ3) is 3.56. The fourth-order valence-electron chi connectivity index (χ4n) is 1.26. The summed E-state index contributed by atoms with van der Waals surface area (Å²) in [5, 5.41) is 19.0. The van der Waals surface area contributed by atoms with Crippen LogP contribution in [0.2, 0.25) is 0 Å². The molecule has 0 aliphatic heterocycles. The van der Waals surface area contributed by atoms with Gasteiger partial charge in [0.25, 0.3) is 5.91 Å². The van der Waals surface area contributed by atoms with Gasteiger partial charge in [0, 0.05) is 0 Å². The van der Waals surface area contributed by atoms with Crippen LogP contribution in [-0.4, -0.2) is 46.0 Å². The molecular weight excluding hydrogens is 246 g/mol. The molecule has 0 atom stereocenters. The molecule has 1 amide bonds. The predicted molar refractivity (Wildman–Crippen MR) is 60.2 cm³/mol. The van der Waals surface area contributed by atoms with Crippen molar-refractivity contribution in [1.82, 2.24) is 4.90 Å². The van der Waals surface area contributed by atoms with Crippen molar-refractivity contribution in [3.8, 4) is 0 Å². The monoisotopic (exact) mass is 257 g/mol. The number of thiophene rings is 1. The highest BCUT2D eigenvalue weighted by atomic mass is 32.1. The summed E-state index contributed by atoms with van der Waals surface area (Å²) in [7, 11) is 0. The van der Waals surface area contributed by atoms with Gasteiger partial charge in [0.05, 0.1) is 4.88 Å². The summed E-state index contributed by atoms with van der Waals surface area (Å²) in [6.45, 7) is 0.467. The van der Waals surface area contributed by atoms with Crippen molar-refractivity contribution < 1.29 is 24.6 Å². The molecular formula is C10H11NO5S. The smallest absolute Gasteiger partial charge is 0.323 e. The van der Waals surface area contributed by atoms with Crippen LogP contribution in [0, 0.1) is 6.92 Å². The molecule has 0 fully saturated rings. The zero-order valence-corrected chi connectivity index (χ0v) is 9.86. The molecule has 0 aliphatic rings. The van der Waals surface area contributed by atoms with Gasteiger partial charge >= 0.3 is 11.9 Å². The first-order valence-electron chi connectivity index (χ1n) is 4.68. The molecule has 0 aliphatic carbocycles. The van der Waals surface area contributed by atoms with Crippen molar-refractivity contribution in [3.63, 3.8) is 0 Å². The van der Waals surface area contributed by atoms with Crippen LogP contribution in [0.25, 0.3) is 0 Å². The quantitative estimate of drug-likeness (QED) is 0.808. The molecule has 1 rings (SSSR count). The number of aliphatic carboxylic acids is 2. The normalized spacial score (nSPS) is 9.94. The number of rotatable bonds is 5. The molecule has 0 aromatic carbocycles. The first-order chi connectivity index (χ1) is 7.91. The SMILES string of the molecule is Cc1ccsc1C(=O)N(CC(=O)O)CC(=O)O. The number of hydrogen-bond acceptors (Lipinski definition) is 4. The number of carboxylic acids is 2. The van der Waals surface area contributed by atoms with Crippen LogP contribution in [0.3, 0.4) is 0 Å². The third-order valence-corrected chi connectivity index (χ3v) is 3.00. The molecule has 0 radical (unpaired) electrons. The van der Waals surface area contributed by atoms with E-state index >= 15 is 0 Å². The van der Waals surface area contributed by atoms with Crippen LogP contribution in [0.5, 0.6) is 0 Å². The van der Waals surface area contributed by atoms with Gasteiger partial charge in [-0.25, -0.2) is 0 Å². The number of carbonyl (C=O) groups is 3. The standard InChI is InChI=1S/C10H11NO5S/c1-6-2-3-17-9(6)10(16)11(4-7(12)13)5-8(14)15/h2-3H,4-5H2,1H3,(H,12,13)(H,14,15). The lowest BCUT2D eigenvalue weighted by atomic mass is 10.2. The van der Waals surface area contributed by atoms with Gasteiger partial charge in [0.15, 0.2) is 0 Å². The fraction of sp³-hybridized carbons (Fsp3) is 0.300. The number of aryl methyl sites for hydroxylation is 1. The summed E-state index contributed by atoms with van der Waals surface area (Å²) in [5.74, 6) is -3.05. The van der Waals surface area contributed by atoms with Crippen LogP contribution in [0.1, 0.15) is 15.2 Å². The molecule has 0 saturated carbocycles. The summed E-state index contributed by atoms with van der Waals surface area (Å²) in [5.41, 5.74) is 0.709. The van der Waals surface area contributed by atoms with Gasteiger partial charge in [0.2, 0.25) is 0 Å². The van der Waals surface area contributed by atoms with E-state index in [0.717, 1.165) is 16.2 Å². The van der Waals surface area contributed by atoms with Gasteiger partial charge in [-0.2, -0.15) is 0 Å². The Labute approximate surface area is 101 Å². The fourth-order valence-corrected chi connectivity index (χ4v) is 2.15. The van der Waals surface area contributed by atoms with E-state index in [4.69, 9.17) is 10.2 Å². The second-order valence-electron chi connectivity index (χ2n) is 3.38. The van der Waals surface area contributed by atoms with E-state index in [1.807, 2.05) is 0 Å². The molecule has 0 spiro atoms. The second kappa shape index (κ2) is 5.44. The Morgan fingerprint density at radius 1 is 1.24 bits per heavy atom. The van der Waals surface area contributed by atoms with E-state index in [1.54, 1.807) is 18.4 Å². The van der Waals surface area contributed by atoms with Crippen LogP contribution in [0.4, 0.5) is 0 Å². The first-order valence-corrected chi connectivity index (χ1v) is 5.56. The molecule has 0 unspecified atom stereocenters. The Hall–Kier alpha value is -1.89. The van der Waals surface area contributed by atoms with Crippen LogP contribution < -0.4 is 0 Å². The molecule has 0 bridgehead atoms. The van der Waals surface area contributed by atoms with Crippen molar-refractivity contribution in [2.75, 3.05) is 13.1 Å². The maximum absolute atomic E-state index is 11.9. The number of hydrogen-bond donors (Lipinski definition) is 2. The highest BCUT2D eigenvalue weighted by Crippen LogP contribution is 2.17. The first kappa shape index (κ1) is 13.2. The Kier molecular flexibility index (Phi) is 4.22. The molecule has 0 saturated heterocycles. The molecule has 2 N–H and O–H groups in total. The Bertz CT molecular complexity index is 437. The highest BCUT2D eigenvalue weighted by Gasteiger charge is 2.23. The minimum atomic E-state index is -1.24. The summed E-state index contributed by atoms with van der Waals surface area (Å²) < 4.78 is 0. The average molecular weight is 257 g/mol. The molecule has 6 nitrogen and oxygen atoms in total. The van der Waals surface area contributed by atoms with Crippen molar-refractivity contribution in [3.05, 3.63) is 21.9 Å². The summed E-state index contributed by atoms with van der Waals surface area (Å²) >= 11 is 1.16. The van der Waals surface area contributed by atoms with Crippen LogP contribution >= 0.6 is 11.3 Å². The van der Waals surface area contributed by atoms with Crippen molar-refractivity contribution in [1.29, 1.82) is 0 Å². The maximum atomic E-state index is 11.9. The van der Waals surface area contributed by atoms with Gasteiger partial charge in [-0.1, -0.05) is 0 Å². The lowest BCUT2D eigenvalue weighted by molar-refractivity contribution is -0.140. The number of carbonyl (C=O) groups excluding carboxylic acids is 1. The van der Waals surface area contributed by atoms with Gasteiger partial charge in [0.1, 0.15) is 13.1 Å². The molecule has 92 valence electrons. The van der Waals surface area contributed by atoms with Crippen LogP contribution in [0.15, 0.2) is 11.4 Å². The van der Waals surface area contributed by atoms with Gasteiger partial charge in [-0.3, -0.25) is 14.4 Å². The molecule has 1 aromatic rings. The largest absolute Gasteiger partial charge is 0.480 e. The average Bonchev–Trinajstić information content (AvgIpc) is 2.61. The van der Waals surface area contributed by atoms with E-state index in [-0.39, 0.29) is 0 Å². The highest BCUT2D eigenvalue weighted by molar-refractivity contribution is 7.12. The summed E-state index contributed by atoms with van der Waals surface area (Å²) in [6.07, 6.45) is 0. The van der Waals surface area contributed by atoms with E-state index in [0.29, 0.717) is 10.4 Å². The van der Waals surface area contributed by atoms with Crippen molar-refractivity contribution >= 4 is 29.2 Å². The maximum Gasteiger partial charge on any atom is 0.323 e. The predicted octanol–water partition coefficient (Wildman–Crippen LogP) is 0.668. The van der Waals surface area contributed by atoms with Crippen LogP contribution in [-0.2, 0) is 9.59 Å².